The third kappa shape index (κ3) is 2.33. The van der Waals surface area contributed by atoms with Crippen molar-refractivity contribution in [3.63, 3.8) is 0 Å². The van der Waals surface area contributed by atoms with Gasteiger partial charge in [0.2, 0.25) is 0 Å². The Bertz CT molecular complexity index is 333. The lowest BCUT2D eigenvalue weighted by Crippen LogP contribution is -2.40. The van der Waals surface area contributed by atoms with Crippen molar-refractivity contribution in [2.45, 2.75) is 52.5 Å². The fraction of sp³-hybridized carbons (Fsp3) is 0.714. The minimum atomic E-state index is 0.518. The lowest BCUT2D eigenvalue weighted by molar-refractivity contribution is 0.120. The predicted molar refractivity (Wildman–Crippen MR) is 72.0 cm³/mol. The van der Waals surface area contributed by atoms with Crippen molar-refractivity contribution in [1.82, 2.24) is 5.32 Å². The number of hydrogen-bond acceptors (Lipinski definition) is 2. The van der Waals surface area contributed by atoms with Gasteiger partial charge in [0.1, 0.15) is 0 Å². The Morgan fingerprint density at radius 2 is 2.25 bits per heavy atom. The van der Waals surface area contributed by atoms with E-state index in [9.17, 15) is 0 Å². The smallest absolute Gasteiger partial charge is 0.0388 e. The zero-order valence-corrected chi connectivity index (χ0v) is 11.5. The van der Waals surface area contributed by atoms with E-state index in [-0.39, 0.29) is 0 Å². The summed E-state index contributed by atoms with van der Waals surface area (Å²) in [4.78, 5) is 1.51. The zero-order chi connectivity index (χ0) is 11.6. The fourth-order valence-corrected chi connectivity index (χ4v) is 3.58. The summed E-state index contributed by atoms with van der Waals surface area (Å²) in [6.07, 6.45) is 5.61. The maximum atomic E-state index is 3.73. The number of thiophene rings is 1. The van der Waals surface area contributed by atoms with E-state index >= 15 is 0 Å². The largest absolute Gasteiger partial charge is 0.309 e. The van der Waals surface area contributed by atoms with E-state index in [0.29, 0.717) is 11.5 Å². The lowest BCUT2D eigenvalue weighted by atomic mass is 9.67. The van der Waals surface area contributed by atoms with E-state index in [4.69, 9.17) is 0 Å². The van der Waals surface area contributed by atoms with Crippen molar-refractivity contribution >= 4 is 11.3 Å². The van der Waals surface area contributed by atoms with Gasteiger partial charge in [-0.1, -0.05) is 13.3 Å². The highest BCUT2D eigenvalue weighted by molar-refractivity contribution is 7.10. The molecule has 1 heterocycles. The summed E-state index contributed by atoms with van der Waals surface area (Å²) >= 11 is 1.88. The molecule has 1 aliphatic rings. The van der Waals surface area contributed by atoms with Crippen LogP contribution in [0.5, 0.6) is 0 Å². The highest BCUT2D eigenvalue weighted by Crippen LogP contribution is 2.43. The van der Waals surface area contributed by atoms with Gasteiger partial charge in [0.25, 0.3) is 0 Å². The maximum absolute atomic E-state index is 3.73. The molecule has 0 spiro atoms. The second kappa shape index (κ2) is 4.89. The van der Waals surface area contributed by atoms with Crippen molar-refractivity contribution in [1.29, 1.82) is 0 Å². The molecular weight excluding hydrogens is 214 g/mol. The summed E-state index contributed by atoms with van der Waals surface area (Å²) in [6, 6.07) is 2.74. The van der Waals surface area contributed by atoms with Crippen LogP contribution in [0.15, 0.2) is 11.4 Å². The molecule has 0 aromatic carbocycles. The molecule has 0 radical (unpaired) electrons. The molecule has 2 heteroatoms. The Labute approximate surface area is 103 Å². The average molecular weight is 237 g/mol. The maximum Gasteiger partial charge on any atom is 0.0388 e. The van der Waals surface area contributed by atoms with Crippen molar-refractivity contribution in [3.05, 3.63) is 21.9 Å². The highest BCUT2D eigenvalue weighted by atomic mass is 32.1. The molecular formula is C14H23NS. The first kappa shape index (κ1) is 12.1. The predicted octanol–water partition coefficient (Wildman–Crippen LogP) is 4.29. The first-order chi connectivity index (χ1) is 7.67. The van der Waals surface area contributed by atoms with E-state index in [2.05, 4.69) is 37.5 Å². The number of hydrogen-bond donors (Lipinski definition) is 1. The van der Waals surface area contributed by atoms with Gasteiger partial charge in [-0.2, -0.15) is 0 Å². The third-order valence-electron chi connectivity index (χ3n) is 4.24. The van der Waals surface area contributed by atoms with Crippen LogP contribution in [0.2, 0.25) is 0 Å². The summed E-state index contributed by atoms with van der Waals surface area (Å²) in [5, 5.41) is 5.93. The zero-order valence-electron chi connectivity index (χ0n) is 10.7. The van der Waals surface area contributed by atoms with Gasteiger partial charge >= 0.3 is 0 Å². The van der Waals surface area contributed by atoms with Crippen molar-refractivity contribution in [3.8, 4) is 0 Å². The minimum absolute atomic E-state index is 0.518. The van der Waals surface area contributed by atoms with Gasteiger partial charge in [-0.25, -0.2) is 0 Å². The Balaban J connectivity index is 1.88. The minimum Gasteiger partial charge on any atom is -0.309 e. The summed E-state index contributed by atoms with van der Waals surface area (Å²) < 4.78 is 0. The Morgan fingerprint density at radius 3 is 2.69 bits per heavy atom. The monoisotopic (exact) mass is 237 g/mol. The summed E-state index contributed by atoms with van der Waals surface area (Å²) in [5.74, 6) is 0. The van der Waals surface area contributed by atoms with E-state index in [1.807, 2.05) is 11.3 Å². The summed E-state index contributed by atoms with van der Waals surface area (Å²) in [5.41, 5.74) is 2.06. The summed E-state index contributed by atoms with van der Waals surface area (Å²) in [7, 11) is 0. The van der Waals surface area contributed by atoms with Gasteiger partial charge in [-0.3, -0.25) is 0 Å². The molecule has 1 atom stereocenters. The van der Waals surface area contributed by atoms with Crippen molar-refractivity contribution in [2.24, 2.45) is 5.41 Å². The number of rotatable bonds is 5. The molecule has 0 amide bonds. The van der Waals surface area contributed by atoms with Gasteiger partial charge in [-0.15, -0.1) is 11.3 Å². The van der Waals surface area contributed by atoms with Crippen molar-refractivity contribution in [2.75, 3.05) is 6.54 Å². The molecule has 0 saturated heterocycles. The molecule has 1 nitrogen and oxygen atoms in total. The Kier molecular flexibility index (Phi) is 3.70. The molecule has 16 heavy (non-hydrogen) atoms. The molecule has 1 aromatic heterocycles. The van der Waals surface area contributed by atoms with Crippen LogP contribution in [-0.4, -0.2) is 6.54 Å². The molecule has 0 bridgehead atoms. The van der Waals surface area contributed by atoms with Gasteiger partial charge < -0.3 is 5.32 Å². The first-order valence-corrected chi connectivity index (χ1v) is 7.32. The highest BCUT2D eigenvalue weighted by Gasteiger charge is 2.34. The normalized spacial score (nSPS) is 20.4. The fourth-order valence-electron chi connectivity index (χ4n) is 2.62. The van der Waals surface area contributed by atoms with Crippen LogP contribution >= 0.6 is 11.3 Å². The van der Waals surface area contributed by atoms with E-state index in [1.165, 1.54) is 42.7 Å². The van der Waals surface area contributed by atoms with Crippen LogP contribution in [0.1, 0.15) is 56.0 Å². The molecule has 1 aliphatic carbocycles. The van der Waals surface area contributed by atoms with Crippen LogP contribution in [0.25, 0.3) is 0 Å². The first-order valence-electron chi connectivity index (χ1n) is 6.44. The van der Waals surface area contributed by atoms with Gasteiger partial charge in [-0.05, 0) is 55.5 Å². The van der Waals surface area contributed by atoms with Crippen LogP contribution in [0, 0.1) is 12.3 Å². The van der Waals surface area contributed by atoms with Crippen molar-refractivity contribution < 1.29 is 0 Å². The SMILES string of the molecule is CCC1(CNC(C)c2sccc2C)CCC1. The van der Waals surface area contributed by atoms with Crippen LogP contribution in [-0.2, 0) is 0 Å². The van der Waals surface area contributed by atoms with E-state index < -0.39 is 0 Å². The second-order valence-corrected chi connectivity index (χ2v) is 6.23. The Hall–Kier alpha value is -0.340. The number of aryl methyl sites for hydroxylation is 1. The topological polar surface area (TPSA) is 12.0 Å². The van der Waals surface area contributed by atoms with Gasteiger partial charge in [0.15, 0.2) is 0 Å². The van der Waals surface area contributed by atoms with E-state index in [1.54, 1.807) is 0 Å². The van der Waals surface area contributed by atoms with Crippen LogP contribution in [0.3, 0.4) is 0 Å². The molecule has 1 unspecified atom stereocenters. The van der Waals surface area contributed by atoms with Crippen LogP contribution in [0.4, 0.5) is 0 Å². The van der Waals surface area contributed by atoms with Gasteiger partial charge in [0.05, 0.1) is 0 Å². The molecule has 1 aromatic rings. The average Bonchev–Trinajstić information content (AvgIpc) is 2.63. The third-order valence-corrected chi connectivity index (χ3v) is 5.44. The number of nitrogens with one attached hydrogen (secondary N) is 1. The Morgan fingerprint density at radius 1 is 1.50 bits per heavy atom. The summed E-state index contributed by atoms with van der Waals surface area (Å²) in [6.45, 7) is 8.04. The molecule has 1 N–H and O–H groups in total. The molecule has 2 rings (SSSR count). The standard InChI is InChI=1S/C14H23NS/c1-4-14(7-5-8-14)10-15-12(3)13-11(2)6-9-16-13/h6,9,12,15H,4-5,7-8,10H2,1-3H3. The van der Waals surface area contributed by atoms with E-state index in [0.717, 1.165) is 0 Å². The molecule has 1 fully saturated rings. The van der Waals surface area contributed by atoms with Gasteiger partial charge in [0, 0.05) is 17.5 Å². The second-order valence-electron chi connectivity index (χ2n) is 5.28. The lowest BCUT2D eigenvalue weighted by Gasteiger charge is -2.42. The molecule has 1 saturated carbocycles. The van der Waals surface area contributed by atoms with Crippen LogP contribution < -0.4 is 5.32 Å². The molecule has 90 valence electrons. The quantitative estimate of drug-likeness (QED) is 0.805. The molecule has 0 aliphatic heterocycles.